The smallest absolute Gasteiger partial charge is 0.242 e. The zero-order valence-electron chi connectivity index (χ0n) is 21.0. The van der Waals surface area contributed by atoms with Gasteiger partial charge in [0.15, 0.2) is 0 Å². The van der Waals surface area contributed by atoms with Gasteiger partial charge in [-0.3, -0.25) is 9.59 Å². The van der Waals surface area contributed by atoms with Gasteiger partial charge in [0.25, 0.3) is 0 Å². The van der Waals surface area contributed by atoms with Gasteiger partial charge in [0.2, 0.25) is 21.8 Å². The molecule has 7 nitrogen and oxygen atoms in total. The van der Waals surface area contributed by atoms with E-state index in [1.54, 1.807) is 43.0 Å². The minimum atomic E-state index is -3.53. The Bertz CT molecular complexity index is 1280. The minimum Gasteiger partial charge on any atom is -0.350 e. The van der Waals surface area contributed by atoms with E-state index >= 15 is 0 Å². The first-order valence-corrected chi connectivity index (χ1v) is 14.0. The number of halogens is 1. The first-order chi connectivity index (χ1) is 17.7. The first-order valence-electron chi connectivity index (χ1n) is 12.1. The van der Waals surface area contributed by atoms with Gasteiger partial charge in [-0.25, -0.2) is 13.1 Å². The SMILES string of the molecule is CCNS(=O)(=O)c1ccc(CCC(=O)N(Cc2ccccc2)[C@@H](C)C(=O)NCc2ccc(Cl)cc2)cc1. The number of nitrogens with one attached hydrogen (secondary N) is 2. The third-order valence-corrected chi connectivity index (χ3v) is 7.75. The molecule has 0 bridgehead atoms. The number of benzene rings is 3. The van der Waals surface area contributed by atoms with Crippen molar-refractivity contribution < 1.29 is 18.0 Å². The Morgan fingerprint density at radius 1 is 0.892 bits per heavy atom. The second-order valence-electron chi connectivity index (χ2n) is 8.67. The van der Waals surface area contributed by atoms with E-state index in [1.165, 1.54) is 12.1 Å². The zero-order chi connectivity index (χ0) is 26.8. The van der Waals surface area contributed by atoms with Gasteiger partial charge in [-0.2, -0.15) is 0 Å². The van der Waals surface area contributed by atoms with E-state index in [2.05, 4.69) is 10.0 Å². The summed E-state index contributed by atoms with van der Waals surface area (Å²) < 4.78 is 26.8. The summed E-state index contributed by atoms with van der Waals surface area (Å²) in [4.78, 5) is 28.1. The summed E-state index contributed by atoms with van der Waals surface area (Å²) in [7, 11) is -3.53. The maximum atomic E-state index is 13.3. The maximum Gasteiger partial charge on any atom is 0.242 e. The predicted molar refractivity (Wildman–Crippen MR) is 145 cm³/mol. The molecule has 0 saturated heterocycles. The fourth-order valence-electron chi connectivity index (χ4n) is 3.81. The van der Waals surface area contributed by atoms with Crippen molar-refractivity contribution in [2.24, 2.45) is 0 Å². The monoisotopic (exact) mass is 541 g/mol. The lowest BCUT2D eigenvalue weighted by Gasteiger charge is -2.29. The zero-order valence-corrected chi connectivity index (χ0v) is 22.6. The van der Waals surface area contributed by atoms with Crippen LogP contribution in [0.2, 0.25) is 5.02 Å². The Kier molecular flexibility index (Phi) is 10.3. The van der Waals surface area contributed by atoms with E-state index < -0.39 is 16.1 Å². The highest BCUT2D eigenvalue weighted by Crippen LogP contribution is 2.16. The van der Waals surface area contributed by atoms with Gasteiger partial charge in [-0.15, -0.1) is 0 Å². The fourth-order valence-corrected chi connectivity index (χ4v) is 4.97. The van der Waals surface area contributed by atoms with Crippen molar-refractivity contribution in [1.29, 1.82) is 0 Å². The number of rotatable bonds is 12. The quantitative estimate of drug-likeness (QED) is 0.357. The van der Waals surface area contributed by atoms with Crippen LogP contribution < -0.4 is 10.0 Å². The predicted octanol–water partition coefficient (Wildman–Crippen LogP) is 4.30. The Morgan fingerprint density at radius 3 is 2.14 bits per heavy atom. The number of hydrogen-bond acceptors (Lipinski definition) is 4. The van der Waals surface area contributed by atoms with Crippen LogP contribution in [-0.4, -0.2) is 37.7 Å². The van der Waals surface area contributed by atoms with Crippen LogP contribution in [-0.2, 0) is 39.1 Å². The lowest BCUT2D eigenvalue weighted by atomic mass is 10.1. The van der Waals surface area contributed by atoms with E-state index in [-0.39, 0.29) is 23.1 Å². The minimum absolute atomic E-state index is 0.164. The number of amides is 2. The van der Waals surface area contributed by atoms with Gasteiger partial charge < -0.3 is 10.2 Å². The summed E-state index contributed by atoms with van der Waals surface area (Å²) >= 11 is 5.93. The molecule has 37 heavy (non-hydrogen) atoms. The molecule has 0 aliphatic rings. The van der Waals surface area contributed by atoms with Gasteiger partial charge in [0, 0.05) is 31.1 Å². The number of carbonyl (C=O) groups is 2. The molecule has 196 valence electrons. The number of aryl methyl sites for hydroxylation is 1. The van der Waals surface area contributed by atoms with E-state index in [0.29, 0.717) is 31.1 Å². The van der Waals surface area contributed by atoms with Crippen LogP contribution in [0.3, 0.4) is 0 Å². The average Bonchev–Trinajstić information content (AvgIpc) is 2.90. The second-order valence-corrected chi connectivity index (χ2v) is 10.9. The average molecular weight is 542 g/mol. The van der Waals surface area contributed by atoms with Crippen molar-refractivity contribution in [3.8, 4) is 0 Å². The van der Waals surface area contributed by atoms with Crippen LogP contribution in [0.1, 0.15) is 37.0 Å². The highest BCUT2D eigenvalue weighted by molar-refractivity contribution is 7.89. The Hall–Kier alpha value is -3.20. The highest BCUT2D eigenvalue weighted by atomic mass is 35.5. The third kappa shape index (κ3) is 8.42. The topological polar surface area (TPSA) is 95.6 Å². The molecule has 0 heterocycles. The van der Waals surface area contributed by atoms with Crippen LogP contribution in [0.5, 0.6) is 0 Å². The fraction of sp³-hybridized carbons (Fsp3) is 0.286. The van der Waals surface area contributed by atoms with E-state index in [9.17, 15) is 18.0 Å². The molecule has 3 rings (SSSR count). The molecule has 3 aromatic carbocycles. The summed E-state index contributed by atoms with van der Waals surface area (Å²) in [6, 6.07) is 22.5. The molecule has 0 spiro atoms. The lowest BCUT2D eigenvalue weighted by molar-refractivity contribution is -0.140. The molecule has 9 heteroatoms. The van der Waals surface area contributed by atoms with Crippen molar-refractivity contribution in [1.82, 2.24) is 14.9 Å². The summed E-state index contributed by atoms with van der Waals surface area (Å²) in [5, 5.41) is 3.53. The van der Waals surface area contributed by atoms with E-state index in [4.69, 9.17) is 11.6 Å². The van der Waals surface area contributed by atoms with Crippen LogP contribution in [0.25, 0.3) is 0 Å². The van der Waals surface area contributed by atoms with Crippen molar-refractivity contribution in [3.63, 3.8) is 0 Å². The molecule has 0 fully saturated rings. The standard InChI is InChI=1S/C28H32ClN3O4S/c1-3-31-37(35,36)26-16-11-22(12-17-26)13-18-27(33)32(20-24-7-5-4-6-8-24)21(2)28(34)30-19-23-9-14-25(29)15-10-23/h4-12,14-17,21,31H,3,13,18-20H2,1-2H3,(H,30,34)/t21-/m0/s1. The maximum absolute atomic E-state index is 13.3. The summed E-state index contributed by atoms with van der Waals surface area (Å²) in [6.45, 7) is 4.38. The summed E-state index contributed by atoms with van der Waals surface area (Å²) in [5.74, 6) is -0.417. The normalized spacial score (nSPS) is 12.1. The number of carbonyl (C=O) groups excluding carboxylic acids is 2. The van der Waals surface area contributed by atoms with Crippen molar-refractivity contribution in [3.05, 3.63) is 101 Å². The highest BCUT2D eigenvalue weighted by Gasteiger charge is 2.26. The molecule has 2 amide bonds. The number of nitrogens with zero attached hydrogens (tertiary/aromatic N) is 1. The Balaban J connectivity index is 1.67. The molecular formula is C28H32ClN3O4S. The molecule has 0 aromatic heterocycles. The first kappa shape index (κ1) is 28.4. The molecule has 1 atom stereocenters. The largest absolute Gasteiger partial charge is 0.350 e. The number of hydrogen-bond donors (Lipinski definition) is 2. The molecule has 0 saturated carbocycles. The van der Waals surface area contributed by atoms with Crippen molar-refractivity contribution >= 4 is 33.4 Å². The van der Waals surface area contributed by atoms with Crippen molar-refractivity contribution in [2.45, 2.75) is 50.7 Å². The third-order valence-electron chi connectivity index (χ3n) is 5.94. The Labute approximate surface area is 223 Å². The summed E-state index contributed by atoms with van der Waals surface area (Å²) in [5.41, 5.74) is 2.67. The molecule has 0 radical (unpaired) electrons. The molecule has 0 aliphatic heterocycles. The van der Waals surface area contributed by atoms with E-state index in [0.717, 1.165) is 16.7 Å². The van der Waals surface area contributed by atoms with Gasteiger partial charge in [0.1, 0.15) is 6.04 Å². The number of sulfonamides is 1. The van der Waals surface area contributed by atoms with Crippen LogP contribution in [0, 0.1) is 0 Å². The molecule has 0 unspecified atom stereocenters. The Morgan fingerprint density at radius 2 is 1.51 bits per heavy atom. The summed E-state index contributed by atoms with van der Waals surface area (Å²) in [6.07, 6.45) is 0.603. The molecular weight excluding hydrogens is 510 g/mol. The van der Waals surface area contributed by atoms with Crippen LogP contribution in [0.15, 0.2) is 83.8 Å². The molecule has 3 aromatic rings. The van der Waals surface area contributed by atoms with Crippen molar-refractivity contribution in [2.75, 3.05) is 6.54 Å². The lowest BCUT2D eigenvalue weighted by Crippen LogP contribution is -2.47. The molecule has 0 aliphatic carbocycles. The van der Waals surface area contributed by atoms with Gasteiger partial charge in [-0.1, -0.05) is 73.1 Å². The van der Waals surface area contributed by atoms with Gasteiger partial charge in [-0.05, 0) is 54.3 Å². The van der Waals surface area contributed by atoms with Crippen LogP contribution in [0.4, 0.5) is 0 Å². The second kappa shape index (κ2) is 13.4. The van der Waals surface area contributed by atoms with Crippen LogP contribution >= 0.6 is 11.6 Å². The van der Waals surface area contributed by atoms with Gasteiger partial charge >= 0.3 is 0 Å². The van der Waals surface area contributed by atoms with E-state index in [1.807, 2.05) is 42.5 Å². The van der Waals surface area contributed by atoms with Gasteiger partial charge in [0.05, 0.1) is 4.90 Å². The molecule has 2 N–H and O–H groups in total.